The fourth-order valence-electron chi connectivity index (χ4n) is 2.62. The molecule has 0 saturated carbocycles. The van der Waals surface area contributed by atoms with Gasteiger partial charge < -0.3 is 15.0 Å². The molecule has 1 amide bonds. The van der Waals surface area contributed by atoms with Gasteiger partial charge in [-0.2, -0.15) is 0 Å². The maximum absolute atomic E-state index is 13.0. The van der Waals surface area contributed by atoms with Crippen molar-refractivity contribution in [1.82, 2.24) is 10.2 Å². The molecule has 0 unspecified atom stereocenters. The molecule has 0 radical (unpaired) electrons. The molecule has 2 atom stereocenters. The highest BCUT2D eigenvalue weighted by Gasteiger charge is 2.31. The van der Waals surface area contributed by atoms with Gasteiger partial charge in [-0.25, -0.2) is 4.39 Å². The molecule has 116 valence electrons. The van der Waals surface area contributed by atoms with Crippen LogP contribution in [0, 0.1) is 5.82 Å². The van der Waals surface area contributed by atoms with E-state index in [2.05, 4.69) is 5.32 Å². The summed E-state index contributed by atoms with van der Waals surface area (Å²) in [5.41, 5.74) is 0. The number of likely N-dealkylation sites (tertiary alicyclic amines) is 1. The van der Waals surface area contributed by atoms with Crippen molar-refractivity contribution in [2.45, 2.75) is 31.9 Å². The number of halogens is 2. The van der Waals surface area contributed by atoms with Gasteiger partial charge in [-0.15, -0.1) is 0 Å². The number of rotatable bonds is 5. The molecular formula is C15H20ClFN2O2. The highest BCUT2D eigenvalue weighted by molar-refractivity contribution is 6.32. The van der Waals surface area contributed by atoms with E-state index in [0.29, 0.717) is 5.75 Å². The predicted octanol–water partition coefficient (Wildman–Crippen LogP) is 2.46. The van der Waals surface area contributed by atoms with Crippen LogP contribution in [0.2, 0.25) is 5.02 Å². The summed E-state index contributed by atoms with van der Waals surface area (Å²) < 4.78 is 18.6. The van der Waals surface area contributed by atoms with Crippen LogP contribution < -0.4 is 10.1 Å². The molecule has 21 heavy (non-hydrogen) atoms. The summed E-state index contributed by atoms with van der Waals surface area (Å²) >= 11 is 5.92. The molecule has 1 saturated heterocycles. The fraction of sp³-hybridized carbons (Fsp3) is 0.533. The van der Waals surface area contributed by atoms with Crippen molar-refractivity contribution in [3.63, 3.8) is 0 Å². The molecule has 1 N–H and O–H groups in total. The van der Waals surface area contributed by atoms with E-state index in [0.717, 1.165) is 25.9 Å². The SMILES string of the molecule is CNC[C@H]1CCCN1C(=O)[C@@H](C)Oc1ccc(F)cc1Cl. The first-order valence-corrected chi connectivity index (χ1v) is 7.47. The molecular weight excluding hydrogens is 295 g/mol. The molecule has 1 aromatic rings. The van der Waals surface area contributed by atoms with Gasteiger partial charge in [0.2, 0.25) is 0 Å². The van der Waals surface area contributed by atoms with Crippen LogP contribution in [0.5, 0.6) is 5.75 Å². The van der Waals surface area contributed by atoms with Crippen LogP contribution in [0.4, 0.5) is 4.39 Å². The highest BCUT2D eigenvalue weighted by Crippen LogP contribution is 2.27. The van der Waals surface area contributed by atoms with Gasteiger partial charge in [0.1, 0.15) is 11.6 Å². The average Bonchev–Trinajstić information content (AvgIpc) is 2.89. The minimum absolute atomic E-state index is 0.0619. The van der Waals surface area contributed by atoms with E-state index in [-0.39, 0.29) is 17.0 Å². The lowest BCUT2D eigenvalue weighted by molar-refractivity contribution is -0.138. The number of carbonyl (C=O) groups excluding carboxylic acids is 1. The number of hydrogen-bond acceptors (Lipinski definition) is 3. The summed E-state index contributed by atoms with van der Waals surface area (Å²) in [6, 6.07) is 4.08. The van der Waals surface area contributed by atoms with Crippen LogP contribution in [0.3, 0.4) is 0 Å². The lowest BCUT2D eigenvalue weighted by atomic mass is 10.2. The van der Waals surface area contributed by atoms with Gasteiger partial charge >= 0.3 is 0 Å². The van der Waals surface area contributed by atoms with Crippen LogP contribution in [0.1, 0.15) is 19.8 Å². The fourth-order valence-corrected chi connectivity index (χ4v) is 2.83. The Kier molecular flexibility index (Phi) is 5.42. The van der Waals surface area contributed by atoms with Crippen molar-refractivity contribution in [3.05, 3.63) is 29.0 Å². The van der Waals surface area contributed by atoms with Crippen LogP contribution in [-0.4, -0.2) is 43.1 Å². The Morgan fingerprint density at radius 3 is 3.05 bits per heavy atom. The van der Waals surface area contributed by atoms with Gasteiger partial charge in [0.05, 0.1) is 5.02 Å². The van der Waals surface area contributed by atoms with E-state index in [4.69, 9.17) is 16.3 Å². The Labute approximate surface area is 129 Å². The molecule has 1 aliphatic rings. The Morgan fingerprint density at radius 2 is 2.38 bits per heavy atom. The third-order valence-corrected chi connectivity index (χ3v) is 3.94. The molecule has 4 nitrogen and oxygen atoms in total. The normalized spacial score (nSPS) is 19.6. The van der Waals surface area contributed by atoms with Crippen LogP contribution in [0.15, 0.2) is 18.2 Å². The van der Waals surface area contributed by atoms with Gasteiger partial charge in [0.15, 0.2) is 6.10 Å². The number of amides is 1. The van der Waals surface area contributed by atoms with E-state index in [1.54, 1.807) is 6.92 Å². The Bertz CT molecular complexity index is 512. The molecule has 1 aromatic carbocycles. The monoisotopic (exact) mass is 314 g/mol. The van der Waals surface area contributed by atoms with Crippen LogP contribution in [0.25, 0.3) is 0 Å². The highest BCUT2D eigenvalue weighted by atomic mass is 35.5. The predicted molar refractivity (Wildman–Crippen MR) is 80.2 cm³/mol. The number of nitrogens with zero attached hydrogens (tertiary/aromatic N) is 1. The molecule has 2 rings (SSSR count). The van der Waals surface area contributed by atoms with E-state index < -0.39 is 11.9 Å². The molecule has 6 heteroatoms. The first-order chi connectivity index (χ1) is 10.0. The van der Waals surface area contributed by atoms with Crippen molar-refractivity contribution in [3.8, 4) is 5.75 Å². The largest absolute Gasteiger partial charge is 0.479 e. The summed E-state index contributed by atoms with van der Waals surface area (Å²) in [4.78, 5) is 14.3. The van der Waals surface area contributed by atoms with Crippen LogP contribution in [-0.2, 0) is 4.79 Å². The molecule has 1 heterocycles. The van der Waals surface area contributed by atoms with Crippen molar-refractivity contribution >= 4 is 17.5 Å². The van der Waals surface area contributed by atoms with Gasteiger partial charge in [-0.05, 0) is 45.0 Å². The van der Waals surface area contributed by atoms with E-state index in [9.17, 15) is 9.18 Å². The van der Waals surface area contributed by atoms with Gasteiger partial charge in [-0.3, -0.25) is 4.79 Å². The van der Waals surface area contributed by atoms with Gasteiger partial charge in [0, 0.05) is 19.1 Å². The van der Waals surface area contributed by atoms with E-state index in [1.807, 2.05) is 11.9 Å². The Hall–Kier alpha value is -1.33. The molecule has 1 aliphatic heterocycles. The smallest absolute Gasteiger partial charge is 0.263 e. The minimum atomic E-state index is -0.648. The molecule has 1 fully saturated rings. The second-order valence-corrected chi connectivity index (χ2v) is 5.63. The molecule has 0 aliphatic carbocycles. The second-order valence-electron chi connectivity index (χ2n) is 5.22. The summed E-state index contributed by atoms with van der Waals surface area (Å²) in [6.45, 7) is 3.21. The number of likely N-dealkylation sites (N-methyl/N-ethyl adjacent to an activating group) is 1. The van der Waals surface area contributed by atoms with E-state index in [1.165, 1.54) is 18.2 Å². The summed E-state index contributed by atoms with van der Waals surface area (Å²) in [5.74, 6) is -0.170. The van der Waals surface area contributed by atoms with Crippen molar-refractivity contribution < 1.29 is 13.9 Å². The van der Waals surface area contributed by atoms with Crippen molar-refractivity contribution in [2.75, 3.05) is 20.1 Å². The topological polar surface area (TPSA) is 41.6 Å². The number of carbonyl (C=O) groups is 1. The summed E-state index contributed by atoms with van der Waals surface area (Å²) in [7, 11) is 1.87. The zero-order chi connectivity index (χ0) is 15.4. The molecule has 0 bridgehead atoms. The lowest BCUT2D eigenvalue weighted by Crippen LogP contribution is -2.46. The Morgan fingerprint density at radius 1 is 1.62 bits per heavy atom. The second kappa shape index (κ2) is 7.09. The number of hydrogen-bond donors (Lipinski definition) is 1. The third-order valence-electron chi connectivity index (χ3n) is 3.65. The average molecular weight is 315 g/mol. The first-order valence-electron chi connectivity index (χ1n) is 7.09. The number of benzene rings is 1. The quantitative estimate of drug-likeness (QED) is 0.907. The standard InChI is InChI=1S/C15H20ClFN2O2/c1-10(21-14-6-5-11(17)8-13(14)16)15(20)19-7-3-4-12(19)9-18-2/h5-6,8,10,12,18H,3-4,7,9H2,1-2H3/t10-,12-/m1/s1. The third kappa shape index (κ3) is 3.86. The number of nitrogens with one attached hydrogen (secondary N) is 1. The zero-order valence-electron chi connectivity index (χ0n) is 12.2. The molecule has 0 aromatic heterocycles. The van der Waals surface area contributed by atoms with Gasteiger partial charge in [-0.1, -0.05) is 11.6 Å². The first kappa shape index (κ1) is 16.0. The maximum atomic E-state index is 13.0. The van der Waals surface area contributed by atoms with Crippen LogP contribution >= 0.6 is 11.6 Å². The summed E-state index contributed by atoms with van der Waals surface area (Å²) in [6.07, 6.45) is 1.35. The maximum Gasteiger partial charge on any atom is 0.263 e. The van der Waals surface area contributed by atoms with Crippen molar-refractivity contribution in [2.24, 2.45) is 0 Å². The summed E-state index contributed by atoms with van der Waals surface area (Å²) in [5, 5.41) is 3.27. The number of ether oxygens (including phenoxy) is 1. The lowest BCUT2D eigenvalue weighted by Gasteiger charge is -2.27. The van der Waals surface area contributed by atoms with Crippen molar-refractivity contribution in [1.29, 1.82) is 0 Å². The van der Waals surface area contributed by atoms with E-state index >= 15 is 0 Å². The zero-order valence-corrected chi connectivity index (χ0v) is 13.0. The van der Waals surface area contributed by atoms with Gasteiger partial charge in [0.25, 0.3) is 5.91 Å². The minimum Gasteiger partial charge on any atom is -0.479 e. The Balaban J connectivity index is 2.02. The molecule has 0 spiro atoms.